The van der Waals surface area contributed by atoms with Crippen LogP contribution in [0.4, 0.5) is 0 Å². The third-order valence-corrected chi connectivity index (χ3v) is 5.37. The molecule has 8 heteroatoms. The van der Waals surface area contributed by atoms with Gasteiger partial charge in [0.25, 0.3) is 5.91 Å². The highest BCUT2D eigenvalue weighted by Gasteiger charge is 2.17. The third kappa shape index (κ3) is 4.27. The molecule has 0 fully saturated rings. The molecule has 0 spiro atoms. The number of aromatic nitrogens is 3. The Labute approximate surface area is 171 Å². The molecule has 0 saturated carbocycles. The van der Waals surface area contributed by atoms with Crippen molar-refractivity contribution in [2.45, 2.75) is 33.4 Å². The predicted molar refractivity (Wildman–Crippen MR) is 110 cm³/mol. The number of hydrogen-bond donors (Lipinski definition) is 1. The van der Waals surface area contributed by atoms with Crippen molar-refractivity contribution in [1.82, 2.24) is 20.3 Å². The molecule has 0 unspecified atom stereocenters. The lowest BCUT2D eigenvalue weighted by atomic mass is 10.1. The van der Waals surface area contributed by atoms with E-state index in [1.54, 1.807) is 17.5 Å². The van der Waals surface area contributed by atoms with Crippen molar-refractivity contribution >= 4 is 27.5 Å². The van der Waals surface area contributed by atoms with Gasteiger partial charge in [-0.1, -0.05) is 6.07 Å². The average Bonchev–Trinajstić information content (AvgIpc) is 3.31. The molecule has 1 amide bonds. The molecular formula is C21H20N4O3S. The van der Waals surface area contributed by atoms with Gasteiger partial charge in [-0.3, -0.25) is 9.78 Å². The van der Waals surface area contributed by atoms with Gasteiger partial charge in [-0.05, 0) is 44.5 Å². The number of oxazole rings is 1. The smallest absolute Gasteiger partial charge is 0.273 e. The number of carbonyl (C=O) groups is 1. The number of ether oxygens (including phenoxy) is 1. The van der Waals surface area contributed by atoms with Crippen molar-refractivity contribution in [2.75, 3.05) is 0 Å². The van der Waals surface area contributed by atoms with Gasteiger partial charge in [0.2, 0.25) is 5.89 Å². The van der Waals surface area contributed by atoms with Gasteiger partial charge in [-0.2, -0.15) is 0 Å². The summed E-state index contributed by atoms with van der Waals surface area (Å²) in [4.78, 5) is 25.5. The second kappa shape index (κ2) is 8.00. The Hall–Kier alpha value is -3.26. The van der Waals surface area contributed by atoms with Crippen LogP contribution in [0.5, 0.6) is 5.75 Å². The maximum Gasteiger partial charge on any atom is 0.273 e. The van der Waals surface area contributed by atoms with Crippen LogP contribution in [0, 0.1) is 13.8 Å². The van der Waals surface area contributed by atoms with Gasteiger partial charge in [-0.15, -0.1) is 11.3 Å². The number of nitrogens with zero attached hydrogens (tertiary/aromatic N) is 3. The number of pyridine rings is 1. The number of amides is 1. The van der Waals surface area contributed by atoms with Crippen LogP contribution in [0.1, 0.15) is 45.6 Å². The van der Waals surface area contributed by atoms with Crippen LogP contribution < -0.4 is 10.1 Å². The summed E-state index contributed by atoms with van der Waals surface area (Å²) in [5.74, 6) is 0.676. The monoisotopic (exact) mass is 408 g/mol. The van der Waals surface area contributed by atoms with Crippen LogP contribution in [0.15, 0.2) is 47.2 Å². The SMILES string of the molecule is Cc1nc2cc(OCc3nc(C(=O)N[C@@H](C)c4ncccc4C)co3)ccc2s1. The summed E-state index contributed by atoms with van der Waals surface area (Å²) in [7, 11) is 0. The van der Waals surface area contributed by atoms with Crippen molar-refractivity contribution in [2.24, 2.45) is 0 Å². The number of aryl methyl sites for hydroxylation is 2. The molecule has 0 aliphatic carbocycles. The lowest BCUT2D eigenvalue weighted by molar-refractivity contribution is 0.0934. The molecule has 0 aliphatic heterocycles. The van der Waals surface area contributed by atoms with Gasteiger partial charge >= 0.3 is 0 Å². The van der Waals surface area contributed by atoms with Gasteiger partial charge in [0.05, 0.1) is 27.0 Å². The molecule has 4 aromatic rings. The normalized spacial score (nSPS) is 12.1. The average molecular weight is 408 g/mol. The molecule has 1 aromatic carbocycles. The minimum Gasteiger partial charge on any atom is -0.484 e. The van der Waals surface area contributed by atoms with E-state index >= 15 is 0 Å². The number of hydrogen-bond acceptors (Lipinski definition) is 7. The topological polar surface area (TPSA) is 90.1 Å². The van der Waals surface area contributed by atoms with Crippen molar-refractivity contribution in [3.63, 3.8) is 0 Å². The fourth-order valence-corrected chi connectivity index (χ4v) is 3.84. The van der Waals surface area contributed by atoms with E-state index in [1.807, 2.05) is 51.1 Å². The summed E-state index contributed by atoms with van der Waals surface area (Å²) in [6, 6.07) is 9.32. The van der Waals surface area contributed by atoms with Crippen LogP contribution in [0.25, 0.3) is 10.2 Å². The van der Waals surface area contributed by atoms with E-state index in [0.29, 0.717) is 11.6 Å². The lowest BCUT2D eigenvalue weighted by Crippen LogP contribution is -2.28. The zero-order chi connectivity index (χ0) is 20.4. The summed E-state index contributed by atoms with van der Waals surface area (Å²) < 4.78 is 12.2. The molecule has 7 nitrogen and oxygen atoms in total. The summed E-state index contributed by atoms with van der Waals surface area (Å²) in [5.41, 5.74) is 2.94. The van der Waals surface area contributed by atoms with Crippen LogP contribution in [0.2, 0.25) is 0 Å². The van der Waals surface area contributed by atoms with E-state index in [9.17, 15) is 4.79 Å². The Morgan fingerprint density at radius 2 is 2.14 bits per heavy atom. The van der Waals surface area contributed by atoms with Crippen LogP contribution in [-0.2, 0) is 6.61 Å². The highest BCUT2D eigenvalue weighted by atomic mass is 32.1. The molecule has 1 N–H and O–H groups in total. The number of fused-ring (bicyclic) bond motifs is 1. The second-order valence-corrected chi connectivity index (χ2v) is 7.91. The van der Waals surface area contributed by atoms with E-state index in [1.165, 1.54) is 6.26 Å². The molecule has 0 saturated heterocycles. The summed E-state index contributed by atoms with van der Waals surface area (Å²) in [6.45, 7) is 5.94. The summed E-state index contributed by atoms with van der Waals surface area (Å²) >= 11 is 1.64. The fraction of sp³-hybridized carbons (Fsp3) is 0.238. The largest absolute Gasteiger partial charge is 0.484 e. The van der Waals surface area contributed by atoms with Gasteiger partial charge in [0, 0.05) is 12.3 Å². The molecule has 3 aromatic heterocycles. The van der Waals surface area contributed by atoms with Gasteiger partial charge in [0.1, 0.15) is 12.0 Å². The molecule has 0 aliphatic rings. The standard InChI is InChI=1S/C21H20N4O3S/c1-12-5-4-8-22-20(12)13(2)23-21(26)17-10-28-19(25-17)11-27-15-6-7-18-16(9-15)24-14(3)29-18/h4-10,13H,11H2,1-3H3,(H,23,26)/t13-/m0/s1. The van der Waals surface area contributed by atoms with Crippen molar-refractivity contribution in [3.05, 3.63) is 70.6 Å². The Morgan fingerprint density at radius 1 is 1.28 bits per heavy atom. The molecular weight excluding hydrogens is 388 g/mol. The Kier molecular flexibility index (Phi) is 5.26. The first-order valence-electron chi connectivity index (χ1n) is 9.16. The molecule has 1 atom stereocenters. The predicted octanol–water partition coefficient (Wildman–Crippen LogP) is 4.37. The van der Waals surface area contributed by atoms with E-state index in [0.717, 1.165) is 26.5 Å². The molecule has 0 bridgehead atoms. The quantitative estimate of drug-likeness (QED) is 0.510. The molecule has 29 heavy (non-hydrogen) atoms. The molecule has 148 valence electrons. The molecule has 4 rings (SSSR count). The van der Waals surface area contributed by atoms with E-state index in [-0.39, 0.29) is 24.2 Å². The van der Waals surface area contributed by atoms with E-state index in [4.69, 9.17) is 9.15 Å². The Morgan fingerprint density at radius 3 is 2.97 bits per heavy atom. The van der Waals surface area contributed by atoms with Gasteiger partial charge in [-0.25, -0.2) is 9.97 Å². The third-order valence-electron chi connectivity index (χ3n) is 4.42. The molecule has 0 radical (unpaired) electrons. The van der Waals surface area contributed by atoms with E-state index < -0.39 is 0 Å². The summed E-state index contributed by atoms with van der Waals surface area (Å²) in [6.07, 6.45) is 3.04. The highest BCUT2D eigenvalue weighted by Crippen LogP contribution is 2.26. The maximum atomic E-state index is 12.5. The zero-order valence-electron chi connectivity index (χ0n) is 16.3. The first-order chi connectivity index (χ1) is 14.0. The zero-order valence-corrected chi connectivity index (χ0v) is 17.1. The minimum absolute atomic E-state index is 0.122. The number of rotatable bonds is 6. The Bertz CT molecular complexity index is 1170. The van der Waals surface area contributed by atoms with Gasteiger partial charge in [0.15, 0.2) is 12.3 Å². The lowest BCUT2D eigenvalue weighted by Gasteiger charge is -2.14. The van der Waals surface area contributed by atoms with Crippen molar-refractivity contribution in [1.29, 1.82) is 0 Å². The number of benzene rings is 1. The van der Waals surface area contributed by atoms with E-state index in [2.05, 4.69) is 20.3 Å². The van der Waals surface area contributed by atoms with Gasteiger partial charge < -0.3 is 14.5 Å². The highest BCUT2D eigenvalue weighted by molar-refractivity contribution is 7.18. The van der Waals surface area contributed by atoms with Crippen LogP contribution in [0.3, 0.4) is 0 Å². The van der Waals surface area contributed by atoms with Crippen molar-refractivity contribution < 1.29 is 13.9 Å². The first-order valence-corrected chi connectivity index (χ1v) is 9.98. The molecule has 3 heterocycles. The first kappa shape index (κ1) is 19.1. The Balaban J connectivity index is 1.38. The minimum atomic E-state index is -0.322. The maximum absolute atomic E-state index is 12.5. The second-order valence-electron chi connectivity index (χ2n) is 6.68. The summed E-state index contributed by atoms with van der Waals surface area (Å²) in [5, 5.41) is 3.90. The number of carbonyl (C=O) groups excluding carboxylic acids is 1. The number of nitrogens with one attached hydrogen (secondary N) is 1. The fourth-order valence-electron chi connectivity index (χ4n) is 3.03. The van der Waals surface area contributed by atoms with Crippen LogP contribution in [-0.4, -0.2) is 20.9 Å². The number of thiazole rings is 1. The van der Waals surface area contributed by atoms with Crippen molar-refractivity contribution in [3.8, 4) is 5.75 Å². The van der Waals surface area contributed by atoms with Crippen LogP contribution >= 0.6 is 11.3 Å².